The first-order valence-corrected chi connectivity index (χ1v) is 15.2. The molecule has 3 aromatic rings. The maximum Gasteiger partial charge on any atom is 0.264 e. The molecule has 0 radical (unpaired) electrons. The van der Waals surface area contributed by atoms with Crippen LogP contribution in [-0.4, -0.2) is 44.3 Å². The van der Waals surface area contributed by atoms with E-state index in [9.17, 15) is 18.0 Å². The number of hydrogen-bond acceptors (Lipinski definition) is 4. The van der Waals surface area contributed by atoms with Crippen molar-refractivity contribution >= 4 is 66.7 Å². The van der Waals surface area contributed by atoms with Crippen LogP contribution in [0.5, 0.6) is 0 Å². The minimum Gasteiger partial charge on any atom is -0.354 e. The lowest BCUT2D eigenvalue weighted by Crippen LogP contribution is -2.51. The molecular formula is C28H30BrCl2N3O4S. The number of carbonyl (C=O) groups is 2. The lowest BCUT2D eigenvalue weighted by Gasteiger charge is -2.32. The zero-order valence-electron chi connectivity index (χ0n) is 21.8. The summed E-state index contributed by atoms with van der Waals surface area (Å²) >= 11 is 16.2. The van der Waals surface area contributed by atoms with Crippen LogP contribution in [0.3, 0.4) is 0 Å². The number of nitrogens with one attached hydrogen (secondary N) is 1. The van der Waals surface area contributed by atoms with Crippen molar-refractivity contribution in [1.82, 2.24) is 10.2 Å². The lowest BCUT2D eigenvalue weighted by atomic mass is 10.1. The molecule has 3 rings (SSSR count). The van der Waals surface area contributed by atoms with Crippen LogP contribution in [-0.2, 0) is 26.2 Å². The van der Waals surface area contributed by atoms with Crippen LogP contribution in [0.15, 0.2) is 82.2 Å². The molecule has 1 atom stereocenters. The molecule has 2 amide bonds. The topological polar surface area (TPSA) is 86.8 Å². The monoisotopic (exact) mass is 653 g/mol. The molecule has 11 heteroatoms. The van der Waals surface area contributed by atoms with E-state index in [4.69, 9.17) is 23.2 Å². The maximum absolute atomic E-state index is 13.9. The van der Waals surface area contributed by atoms with Gasteiger partial charge in [-0.25, -0.2) is 8.42 Å². The van der Waals surface area contributed by atoms with Gasteiger partial charge in [-0.05, 0) is 55.3 Å². The summed E-state index contributed by atoms with van der Waals surface area (Å²) in [4.78, 5) is 28.3. The minimum absolute atomic E-state index is 0.0289. The van der Waals surface area contributed by atoms with Crippen molar-refractivity contribution in [2.75, 3.05) is 17.4 Å². The van der Waals surface area contributed by atoms with Gasteiger partial charge in [-0.2, -0.15) is 0 Å². The summed E-state index contributed by atoms with van der Waals surface area (Å²) in [6.45, 7) is 5.28. The van der Waals surface area contributed by atoms with E-state index >= 15 is 0 Å². The van der Waals surface area contributed by atoms with E-state index in [-0.39, 0.29) is 29.0 Å². The molecule has 3 aromatic carbocycles. The Morgan fingerprint density at radius 1 is 0.923 bits per heavy atom. The van der Waals surface area contributed by atoms with Crippen molar-refractivity contribution in [3.63, 3.8) is 0 Å². The standard InChI is InChI=1S/C28H30BrCl2N3O4S/c1-19(2)16-32-28(36)20(3)33(17-24-25(30)13-8-14-26(24)31)27(35)18-34(22-10-7-9-21(29)15-22)39(37,38)23-11-5-4-6-12-23/h4-15,19-20H,16-18H2,1-3H3,(H,32,36). The molecule has 0 spiro atoms. The highest BCUT2D eigenvalue weighted by molar-refractivity contribution is 9.10. The fourth-order valence-corrected chi connectivity index (χ4v) is 6.10. The van der Waals surface area contributed by atoms with Gasteiger partial charge in [0.1, 0.15) is 12.6 Å². The van der Waals surface area contributed by atoms with Gasteiger partial charge in [-0.1, -0.05) is 83.3 Å². The second kappa shape index (κ2) is 13.7. The first kappa shape index (κ1) is 30.9. The molecular weight excluding hydrogens is 625 g/mol. The molecule has 208 valence electrons. The molecule has 0 bridgehead atoms. The predicted molar refractivity (Wildman–Crippen MR) is 159 cm³/mol. The van der Waals surface area contributed by atoms with Crippen LogP contribution in [0, 0.1) is 5.92 Å². The van der Waals surface area contributed by atoms with Gasteiger partial charge >= 0.3 is 0 Å². The van der Waals surface area contributed by atoms with Crippen molar-refractivity contribution in [2.45, 2.75) is 38.3 Å². The van der Waals surface area contributed by atoms with Crippen LogP contribution >= 0.6 is 39.1 Å². The highest BCUT2D eigenvalue weighted by Crippen LogP contribution is 2.29. The molecule has 0 saturated carbocycles. The fraction of sp³-hybridized carbons (Fsp3) is 0.286. The summed E-state index contributed by atoms with van der Waals surface area (Å²) in [6.07, 6.45) is 0. The Bertz CT molecular complexity index is 1400. The summed E-state index contributed by atoms with van der Waals surface area (Å²) in [7, 11) is -4.14. The number of rotatable bonds is 11. The molecule has 39 heavy (non-hydrogen) atoms. The van der Waals surface area contributed by atoms with Crippen molar-refractivity contribution < 1.29 is 18.0 Å². The van der Waals surface area contributed by atoms with Crippen molar-refractivity contribution in [2.24, 2.45) is 5.92 Å². The average Bonchev–Trinajstić information content (AvgIpc) is 2.90. The Labute approximate surface area is 248 Å². The Kier molecular flexibility index (Phi) is 10.8. The third-order valence-corrected chi connectivity index (χ3v) is 8.94. The van der Waals surface area contributed by atoms with Gasteiger partial charge in [0.15, 0.2) is 0 Å². The van der Waals surface area contributed by atoms with E-state index in [2.05, 4.69) is 21.2 Å². The highest BCUT2D eigenvalue weighted by atomic mass is 79.9. The van der Waals surface area contributed by atoms with Gasteiger partial charge in [0.05, 0.1) is 10.6 Å². The summed E-state index contributed by atoms with van der Waals surface area (Å²) in [5.41, 5.74) is 0.742. The molecule has 0 fully saturated rings. The number of benzene rings is 3. The van der Waals surface area contributed by atoms with Gasteiger partial charge in [0, 0.05) is 33.2 Å². The molecule has 0 heterocycles. The first-order chi connectivity index (χ1) is 18.4. The zero-order chi connectivity index (χ0) is 28.7. The third-order valence-electron chi connectivity index (χ3n) is 5.95. The molecule has 0 aliphatic rings. The number of nitrogens with zero attached hydrogens (tertiary/aromatic N) is 2. The molecule has 0 aromatic heterocycles. The Morgan fingerprint density at radius 2 is 1.54 bits per heavy atom. The van der Waals surface area contributed by atoms with Crippen molar-refractivity contribution in [3.8, 4) is 0 Å². The molecule has 0 aliphatic carbocycles. The normalized spacial score (nSPS) is 12.2. The van der Waals surface area contributed by atoms with Gasteiger partial charge < -0.3 is 10.2 Å². The Morgan fingerprint density at radius 3 is 2.13 bits per heavy atom. The van der Waals surface area contributed by atoms with Crippen LogP contribution in [0.2, 0.25) is 10.0 Å². The Balaban J connectivity index is 2.04. The number of halogens is 3. The van der Waals surface area contributed by atoms with Gasteiger partial charge in [0.25, 0.3) is 10.0 Å². The highest BCUT2D eigenvalue weighted by Gasteiger charge is 2.33. The summed E-state index contributed by atoms with van der Waals surface area (Å²) in [5, 5.41) is 3.50. The van der Waals surface area contributed by atoms with E-state index in [1.165, 1.54) is 17.0 Å². The fourth-order valence-electron chi connectivity index (χ4n) is 3.77. The minimum atomic E-state index is -4.14. The van der Waals surface area contributed by atoms with Crippen LogP contribution < -0.4 is 9.62 Å². The molecule has 0 saturated heterocycles. The summed E-state index contributed by atoms with van der Waals surface area (Å²) < 4.78 is 29.2. The second-order valence-electron chi connectivity index (χ2n) is 9.34. The van der Waals surface area contributed by atoms with E-state index < -0.39 is 28.5 Å². The van der Waals surface area contributed by atoms with Crippen molar-refractivity contribution in [3.05, 3.63) is 92.9 Å². The van der Waals surface area contributed by atoms with Crippen LogP contribution in [0.1, 0.15) is 26.3 Å². The lowest BCUT2D eigenvalue weighted by molar-refractivity contribution is -0.139. The number of carbonyl (C=O) groups excluding carboxylic acids is 2. The van der Waals surface area contributed by atoms with E-state index in [0.717, 1.165) is 4.31 Å². The van der Waals surface area contributed by atoms with Crippen LogP contribution in [0.4, 0.5) is 5.69 Å². The smallest absolute Gasteiger partial charge is 0.264 e. The molecule has 0 aliphatic heterocycles. The number of sulfonamides is 1. The third kappa shape index (κ3) is 7.97. The van der Waals surface area contributed by atoms with E-state index in [1.807, 2.05) is 13.8 Å². The molecule has 1 N–H and O–H groups in total. The molecule has 1 unspecified atom stereocenters. The second-order valence-corrected chi connectivity index (χ2v) is 12.9. The van der Waals surface area contributed by atoms with Crippen molar-refractivity contribution in [1.29, 1.82) is 0 Å². The largest absolute Gasteiger partial charge is 0.354 e. The van der Waals surface area contributed by atoms with Crippen LogP contribution in [0.25, 0.3) is 0 Å². The van der Waals surface area contributed by atoms with E-state index in [1.54, 1.807) is 67.6 Å². The predicted octanol–water partition coefficient (Wildman–Crippen LogP) is 6.14. The SMILES string of the molecule is CC(C)CNC(=O)C(C)N(Cc1c(Cl)cccc1Cl)C(=O)CN(c1cccc(Br)c1)S(=O)(=O)c1ccccc1. The zero-order valence-corrected chi connectivity index (χ0v) is 25.7. The Hall–Kier alpha value is -2.59. The van der Waals surface area contributed by atoms with Gasteiger partial charge in [-0.3, -0.25) is 13.9 Å². The summed E-state index contributed by atoms with van der Waals surface area (Å²) in [6, 6.07) is 18.5. The summed E-state index contributed by atoms with van der Waals surface area (Å²) in [5.74, 6) is -0.774. The first-order valence-electron chi connectivity index (χ1n) is 12.2. The molecule has 7 nitrogen and oxygen atoms in total. The number of anilines is 1. The van der Waals surface area contributed by atoms with E-state index in [0.29, 0.717) is 26.6 Å². The quantitative estimate of drug-likeness (QED) is 0.269. The maximum atomic E-state index is 13.9. The average molecular weight is 655 g/mol. The van der Waals surface area contributed by atoms with Gasteiger partial charge in [0.2, 0.25) is 11.8 Å². The number of amides is 2. The van der Waals surface area contributed by atoms with Gasteiger partial charge in [-0.15, -0.1) is 0 Å². The number of hydrogen-bond donors (Lipinski definition) is 1.